The van der Waals surface area contributed by atoms with Gasteiger partial charge in [-0.15, -0.1) is 0 Å². The Labute approximate surface area is 178 Å². The fraction of sp³-hybridized carbons (Fsp3) is 0.500. The maximum Gasteiger partial charge on any atom is 0.416 e. The minimum Gasteiger partial charge on any atom is -0.287 e. The van der Waals surface area contributed by atoms with Crippen molar-refractivity contribution >= 4 is 0 Å². The highest BCUT2D eigenvalue weighted by atomic mass is 19.4. The number of nitrogens with zero attached hydrogens (tertiary/aromatic N) is 3. The SMILES string of the molecule is CCN(CC)N1CCN(Cc2cccc(C(F)(F)F)c2)C(CC)(c2ccccc2)C1. The molecule has 164 valence electrons. The topological polar surface area (TPSA) is 9.72 Å². The van der Waals surface area contributed by atoms with Gasteiger partial charge >= 0.3 is 6.18 Å². The third kappa shape index (κ3) is 4.71. The predicted octanol–water partition coefficient (Wildman–Crippen LogP) is 5.39. The van der Waals surface area contributed by atoms with Gasteiger partial charge in [0, 0.05) is 39.3 Å². The Morgan fingerprint density at radius 1 is 0.933 bits per heavy atom. The van der Waals surface area contributed by atoms with E-state index in [2.05, 4.69) is 47.8 Å². The van der Waals surface area contributed by atoms with Gasteiger partial charge in [-0.2, -0.15) is 13.2 Å². The molecule has 1 fully saturated rings. The molecule has 0 spiro atoms. The van der Waals surface area contributed by atoms with Crippen molar-refractivity contribution in [3.8, 4) is 0 Å². The summed E-state index contributed by atoms with van der Waals surface area (Å²) in [7, 11) is 0. The average molecular weight is 420 g/mol. The van der Waals surface area contributed by atoms with Gasteiger partial charge in [0.15, 0.2) is 0 Å². The second-order valence-electron chi connectivity index (χ2n) is 7.90. The van der Waals surface area contributed by atoms with Gasteiger partial charge in [0.2, 0.25) is 0 Å². The Kier molecular flexibility index (Phi) is 7.22. The van der Waals surface area contributed by atoms with Crippen molar-refractivity contribution in [2.45, 2.75) is 45.5 Å². The molecular formula is C24H32F3N3. The first-order valence-electron chi connectivity index (χ1n) is 10.8. The Bertz CT molecular complexity index is 805. The molecule has 0 bridgehead atoms. The molecule has 3 nitrogen and oxygen atoms in total. The molecule has 1 aliphatic heterocycles. The van der Waals surface area contributed by atoms with E-state index in [1.807, 2.05) is 18.2 Å². The van der Waals surface area contributed by atoms with Crippen LogP contribution in [0.4, 0.5) is 13.2 Å². The summed E-state index contributed by atoms with van der Waals surface area (Å²) in [4.78, 5) is 2.37. The highest BCUT2D eigenvalue weighted by Crippen LogP contribution is 2.38. The third-order valence-electron chi connectivity index (χ3n) is 6.33. The second-order valence-corrected chi connectivity index (χ2v) is 7.90. The van der Waals surface area contributed by atoms with Crippen molar-refractivity contribution in [2.24, 2.45) is 0 Å². The van der Waals surface area contributed by atoms with Crippen molar-refractivity contribution in [1.29, 1.82) is 0 Å². The zero-order valence-electron chi connectivity index (χ0n) is 18.1. The Morgan fingerprint density at radius 3 is 2.23 bits per heavy atom. The smallest absolute Gasteiger partial charge is 0.287 e. The summed E-state index contributed by atoms with van der Waals surface area (Å²) in [6, 6.07) is 16.2. The van der Waals surface area contributed by atoms with Crippen molar-refractivity contribution in [3.05, 3.63) is 71.3 Å². The first-order chi connectivity index (χ1) is 14.3. The Morgan fingerprint density at radius 2 is 1.63 bits per heavy atom. The minimum absolute atomic E-state index is 0.254. The minimum atomic E-state index is -4.32. The van der Waals surface area contributed by atoms with E-state index >= 15 is 0 Å². The molecule has 0 radical (unpaired) electrons. The molecule has 0 aliphatic carbocycles. The molecule has 0 saturated carbocycles. The molecule has 1 unspecified atom stereocenters. The molecule has 3 rings (SSSR count). The standard InChI is InChI=1S/C24H32F3N3/c1-4-23(21-12-8-7-9-13-21)19-30(29(5-2)6-3)16-15-28(23)18-20-11-10-14-22(17-20)24(25,26)27/h7-14,17H,4-6,15-16,18-19H2,1-3H3. The molecule has 1 heterocycles. The van der Waals surface area contributed by atoms with Gasteiger partial charge in [-0.1, -0.05) is 69.3 Å². The van der Waals surface area contributed by atoms with Gasteiger partial charge in [0.1, 0.15) is 0 Å². The van der Waals surface area contributed by atoms with Crippen LogP contribution in [-0.2, 0) is 18.3 Å². The fourth-order valence-electron chi connectivity index (χ4n) is 4.65. The maximum absolute atomic E-state index is 13.2. The fourth-order valence-corrected chi connectivity index (χ4v) is 4.65. The van der Waals surface area contributed by atoms with Crippen LogP contribution < -0.4 is 0 Å². The number of hydrogen-bond donors (Lipinski definition) is 0. The summed E-state index contributed by atoms with van der Waals surface area (Å²) in [5, 5.41) is 4.77. The van der Waals surface area contributed by atoms with E-state index in [9.17, 15) is 13.2 Å². The highest BCUT2D eigenvalue weighted by molar-refractivity contribution is 5.29. The summed E-state index contributed by atoms with van der Waals surface area (Å²) < 4.78 is 39.7. The van der Waals surface area contributed by atoms with E-state index in [1.54, 1.807) is 6.07 Å². The predicted molar refractivity (Wildman–Crippen MR) is 115 cm³/mol. The van der Waals surface area contributed by atoms with E-state index < -0.39 is 11.7 Å². The van der Waals surface area contributed by atoms with E-state index in [-0.39, 0.29) is 5.54 Å². The maximum atomic E-state index is 13.2. The van der Waals surface area contributed by atoms with Crippen LogP contribution in [0.5, 0.6) is 0 Å². The summed E-state index contributed by atoms with van der Waals surface area (Å²) in [6.45, 7) is 11.4. The summed E-state index contributed by atoms with van der Waals surface area (Å²) in [5.41, 5.74) is 1.09. The van der Waals surface area contributed by atoms with E-state index in [1.165, 1.54) is 17.7 Å². The number of benzene rings is 2. The molecule has 1 atom stereocenters. The van der Waals surface area contributed by atoms with Gasteiger partial charge < -0.3 is 0 Å². The van der Waals surface area contributed by atoms with Crippen molar-refractivity contribution in [3.63, 3.8) is 0 Å². The largest absolute Gasteiger partial charge is 0.416 e. The van der Waals surface area contributed by atoms with Crippen LogP contribution in [0.15, 0.2) is 54.6 Å². The van der Waals surface area contributed by atoms with E-state index in [4.69, 9.17) is 0 Å². The first kappa shape index (κ1) is 22.8. The average Bonchev–Trinajstić information content (AvgIpc) is 2.76. The summed E-state index contributed by atoms with van der Waals surface area (Å²) >= 11 is 0. The first-order valence-corrected chi connectivity index (χ1v) is 10.8. The van der Waals surface area contributed by atoms with Crippen LogP contribution in [0.25, 0.3) is 0 Å². The number of alkyl halides is 3. The number of piperazine rings is 1. The monoisotopic (exact) mass is 419 g/mol. The Hall–Kier alpha value is -1.89. The molecular weight excluding hydrogens is 387 g/mol. The van der Waals surface area contributed by atoms with Crippen LogP contribution in [0.2, 0.25) is 0 Å². The lowest BCUT2D eigenvalue weighted by Gasteiger charge is -2.53. The van der Waals surface area contributed by atoms with Gasteiger partial charge in [0.25, 0.3) is 0 Å². The summed E-state index contributed by atoms with van der Waals surface area (Å²) in [6.07, 6.45) is -3.44. The highest BCUT2D eigenvalue weighted by Gasteiger charge is 2.43. The molecule has 2 aromatic carbocycles. The van der Waals surface area contributed by atoms with Crippen LogP contribution in [0, 0.1) is 0 Å². The van der Waals surface area contributed by atoms with Crippen LogP contribution in [-0.4, -0.2) is 47.6 Å². The molecule has 6 heteroatoms. The van der Waals surface area contributed by atoms with Gasteiger partial charge in [0.05, 0.1) is 11.1 Å². The van der Waals surface area contributed by atoms with Crippen molar-refractivity contribution < 1.29 is 13.2 Å². The summed E-state index contributed by atoms with van der Waals surface area (Å²) in [5.74, 6) is 0. The second kappa shape index (κ2) is 9.50. The van der Waals surface area contributed by atoms with Gasteiger partial charge in [-0.3, -0.25) is 4.90 Å². The molecule has 0 aromatic heterocycles. The van der Waals surface area contributed by atoms with Gasteiger partial charge in [-0.25, -0.2) is 10.0 Å². The molecule has 1 saturated heterocycles. The van der Waals surface area contributed by atoms with Gasteiger partial charge in [-0.05, 0) is 23.6 Å². The zero-order chi connectivity index (χ0) is 21.8. The molecule has 0 N–H and O–H groups in total. The Balaban J connectivity index is 1.96. The number of rotatable bonds is 7. The lowest BCUT2D eigenvalue weighted by Crippen LogP contribution is -2.63. The van der Waals surface area contributed by atoms with Crippen LogP contribution in [0.3, 0.4) is 0 Å². The third-order valence-corrected chi connectivity index (χ3v) is 6.33. The molecule has 30 heavy (non-hydrogen) atoms. The normalized spacial score (nSPS) is 21.3. The lowest BCUT2D eigenvalue weighted by molar-refractivity contribution is -0.137. The lowest BCUT2D eigenvalue weighted by atomic mass is 9.83. The van der Waals surface area contributed by atoms with Crippen molar-refractivity contribution in [2.75, 3.05) is 32.7 Å². The quantitative estimate of drug-likeness (QED) is 0.596. The zero-order valence-corrected chi connectivity index (χ0v) is 18.1. The number of hydrogen-bond acceptors (Lipinski definition) is 3. The van der Waals surface area contributed by atoms with Crippen molar-refractivity contribution in [1.82, 2.24) is 14.9 Å². The number of hydrazine groups is 1. The van der Waals surface area contributed by atoms with E-state index in [0.29, 0.717) is 12.1 Å². The van der Waals surface area contributed by atoms with Crippen LogP contribution in [0.1, 0.15) is 43.9 Å². The molecule has 1 aliphatic rings. The number of halogens is 3. The molecule has 0 amide bonds. The van der Waals surface area contributed by atoms with E-state index in [0.717, 1.165) is 45.2 Å². The molecule has 2 aromatic rings. The van der Waals surface area contributed by atoms with Crippen LogP contribution >= 0.6 is 0 Å².